The van der Waals surface area contributed by atoms with E-state index >= 15 is 0 Å². The largest absolute Gasteiger partial charge is 0.472 e. The highest BCUT2D eigenvalue weighted by Gasteiger charge is 2.27. The molecule has 2 unspecified atom stereocenters. The van der Waals surface area contributed by atoms with Crippen LogP contribution in [0.25, 0.3) is 0 Å². The predicted molar refractivity (Wildman–Crippen MR) is 212 cm³/mol. The molecule has 0 rings (SSSR count). The molecular formula is C41H82NO9P. The summed E-state index contributed by atoms with van der Waals surface area (Å²) in [7, 11) is -4.44. The van der Waals surface area contributed by atoms with Gasteiger partial charge >= 0.3 is 19.8 Å². The molecule has 0 spiro atoms. The summed E-state index contributed by atoms with van der Waals surface area (Å²) in [6, 6.07) is 0. The molecule has 0 heterocycles. The molecule has 52 heavy (non-hydrogen) atoms. The minimum atomic E-state index is -4.44. The first-order chi connectivity index (χ1) is 25.3. The van der Waals surface area contributed by atoms with Gasteiger partial charge in [-0.05, 0) is 12.8 Å². The minimum Gasteiger partial charge on any atom is -0.462 e. The molecule has 10 nitrogen and oxygen atoms in total. The van der Waals surface area contributed by atoms with E-state index in [0.717, 1.165) is 38.5 Å². The average Bonchev–Trinajstić information content (AvgIpc) is 3.13. The normalized spacial score (nSPS) is 13.9. The monoisotopic (exact) mass is 764 g/mol. The quantitative estimate of drug-likeness (QED) is 0.0311. The van der Waals surface area contributed by atoms with Crippen molar-refractivity contribution in [1.29, 1.82) is 0 Å². The first-order valence-electron chi connectivity index (χ1n) is 21.6. The maximum Gasteiger partial charge on any atom is 0.472 e. The van der Waals surface area contributed by atoms with Crippen LogP contribution in [0.4, 0.5) is 0 Å². The van der Waals surface area contributed by atoms with Gasteiger partial charge in [0.2, 0.25) is 0 Å². The minimum absolute atomic E-state index is 0.0225. The van der Waals surface area contributed by atoms with E-state index in [1.165, 1.54) is 135 Å². The van der Waals surface area contributed by atoms with Crippen LogP contribution in [0.1, 0.15) is 213 Å². The van der Waals surface area contributed by atoms with Gasteiger partial charge in [0, 0.05) is 13.0 Å². The van der Waals surface area contributed by atoms with Crippen molar-refractivity contribution < 1.29 is 42.7 Å². The van der Waals surface area contributed by atoms with Gasteiger partial charge in [-0.3, -0.25) is 13.8 Å². The lowest BCUT2D eigenvalue weighted by Gasteiger charge is -2.21. The average molecular weight is 764 g/mol. The highest BCUT2D eigenvalue weighted by Crippen LogP contribution is 2.43. The van der Waals surface area contributed by atoms with Crippen molar-refractivity contribution in [1.82, 2.24) is 0 Å². The SMILES string of the molecule is CCCCCCCCCCCCCCCCCC(=O)OC[C@H](COP(=O)(O)OCCN)OC(=O)C(O)CCCCCCCCCCCCCCCC. The zero-order valence-electron chi connectivity index (χ0n) is 33.7. The van der Waals surface area contributed by atoms with Gasteiger partial charge in [-0.1, -0.05) is 194 Å². The van der Waals surface area contributed by atoms with Crippen LogP contribution in [0.5, 0.6) is 0 Å². The van der Waals surface area contributed by atoms with Crippen molar-refractivity contribution in [2.45, 2.75) is 225 Å². The number of phosphoric acid groups is 1. The van der Waals surface area contributed by atoms with Crippen LogP contribution in [-0.2, 0) is 32.7 Å². The summed E-state index contributed by atoms with van der Waals surface area (Å²) >= 11 is 0. The molecule has 0 fully saturated rings. The molecule has 0 aliphatic rings. The molecule has 11 heteroatoms. The van der Waals surface area contributed by atoms with E-state index in [4.69, 9.17) is 24.3 Å². The van der Waals surface area contributed by atoms with E-state index in [9.17, 15) is 24.2 Å². The number of aliphatic hydroxyl groups excluding tert-OH is 1. The van der Waals surface area contributed by atoms with Crippen LogP contribution in [0, 0.1) is 0 Å². The fourth-order valence-corrected chi connectivity index (χ4v) is 7.06. The van der Waals surface area contributed by atoms with Crippen LogP contribution >= 0.6 is 7.82 Å². The molecule has 0 aromatic rings. The van der Waals surface area contributed by atoms with Crippen molar-refractivity contribution in [3.05, 3.63) is 0 Å². The van der Waals surface area contributed by atoms with Gasteiger partial charge in [0.25, 0.3) is 0 Å². The molecule has 310 valence electrons. The van der Waals surface area contributed by atoms with E-state index in [1.54, 1.807) is 0 Å². The molecule has 0 aromatic heterocycles. The second-order valence-corrected chi connectivity index (χ2v) is 16.2. The first-order valence-corrected chi connectivity index (χ1v) is 23.1. The number of nitrogens with two attached hydrogens (primary N) is 1. The third-order valence-electron chi connectivity index (χ3n) is 9.60. The van der Waals surface area contributed by atoms with Crippen LogP contribution in [0.2, 0.25) is 0 Å². The Kier molecular flexibility index (Phi) is 37.5. The number of carbonyl (C=O) groups is 2. The number of rotatable bonds is 41. The second-order valence-electron chi connectivity index (χ2n) is 14.7. The molecule has 0 saturated heterocycles. The smallest absolute Gasteiger partial charge is 0.462 e. The van der Waals surface area contributed by atoms with Crippen molar-refractivity contribution in [3.8, 4) is 0 Å². The number of hydrogen-bond acceptors (Lipinski definition) is 9. The molecule has 0 saturated carbocycles. The van der Waals surface area contributed by atoms with E-state index in [2.05, 4.69) is 13.8 Å². The Morgan fingerprint density at radius 2 is 0.962 bits per heavy atom. The summed E-state index contributed by atoms with van der Waals surface area (Å²) in [6.07, 6.45) is 33.4. The van der Waals surface area contributed by atoms with Gasteiger partial charge in [-0.2, -0.15) is 0 Å². The lowest BCUT2D eigenvalue weighted by atomic mass is 10.0. The van der Waals surface area contributed by atoms with Gasteiger partial charge in [-0.15, -0.1) is 0 Å². The maximum atomic E-state index is 12.6. The van der Waals surface area contributed by atoms with Crippen LogP contribution in [0.15, 0.2) is 0 Å². The number of esters is 2. The Labute approximate surface area is 319 Å². The molecule has 4 N–H and O–H groups in total. The predicted octanol–water partition coefficient (Wildman–Crippen LogP) is 11.0. The van der Waals surface area contributed by atoms with Crippen molar-refractivity contribution in [3.63, 3.8) is 0 Å². The third-order valence-corrected chi connectivity index (χ3v) is 10.6. The Bertz CT molecular complexity index is 847. The highest BCUT2D eigenvalue weighted by molar-refractivity contribution is 7.47. The lowest BCUT2D eigenvalue weighted by molar-refractivity contribution is -0.168. The summed E-state index contributed by atoms with van der Waals surface area (Å²) in [5, 5.41) is 10.4. The summed E-state index contributed by atoms with van der Waals surface area (Å²) in [5.74, 6) is -1.32. The van der Waals surface area contributed by atoms with Gasteiger partial charge in [0.05, 0.1) is 13.2 Å². The summed E-state index contributed by atoms with van der Waals surface area (Å²) in [5.41, 5.74) is 5.33. The molecule has 0 aliphatic carbocycles. The fourth-order valence-electron chi connectivity index (χ4n) is 6.29. The molecule has 0 bridgehead atoms. The number of phosphoric ester groups is 1. The van der Waals surface area contributed by atoms with E-state index < -0.39 is 38.6 Å². The van der Waals surface area contributed by atoms with Crippen LogP contribution in [0.3, 0.4) is 0 Å². The lowest BCUT2D eigenvalue weighted by Crippen LogP contribution is -2.34. The Hall–Kier alpha value is -1.03. The molecular weight excluding hydrogens is 681 g/mol. The molecule has 0 radical (unpaired) electrons. The summed E-state index contributed by atoms with van der Waals surface area (Å²) < 4.78 is 32.5. The van der Waals surface area contributed by atoms with E-state index in [-0.39, 0.29) is 32.6 Å². The second kappa shape index (κ2) is 38.3. The van der Waals surface area contributed by atoms with Crippen molar-refractivity contribution in [2.24, 2.45) is 5.73 Å². The number of ether oxygens (including phenoxy) is 2. The van der Waals surface area contributed by atoms with Gasteiger partial charge in [-0.25, -0.2) is 9.36 Å². The van der Waals surface area contributed by atoms with Gasteiger partial charge < -0.3 is 25.2 Å². The number of aliphatic hydroxyl groups is 1. The third kappa shape index (κ3) is 36.0. The fraction of sp³-hybridized carbons (Fsp3) is 0.951. The van der Waals surface area contributed by atoms with Crippen LogP contribution < -0.4 is 5.73 Å². The Balaban J connectivity index is 4.23. The maximum absolute atomic E-state index is 12.6. The zero-order valence-corrected chi connectivity index (χ0v) is 34.6. The van der Waals surface area contributed by atoms with Gasteiger partial charge in [0.1, 0.15) is 6.61 Å². The summed E-state index contributed by atoms with van der Waals surface area (Å²) in [6.45, 7) is 3.44. The number of hydrogen-bond donors (Lipinski definition) is 3. The topological polar surface area (TPSA) is 155 Å². The zero-order chi connectivity index (χ0) is 38.4. The highest BCUT2D eigenvalue weighted by atomic mass is 31.2. The molecule has 0 amide bonds. The first kappa shape index (κ1) is 51.0. The van der Waals surface area contributed by atoms with E-state index in [0.29, 0.717) is 12.8 Å². The van der Waals surface area contributed by atoms with Crippen molar-refractivity contribution >= 4 is 19.8 Å². The number of unbranched alkanes of at least 4 members (excludes halogenated alkanes) is 27. The molecule has 0 aliphatic heterocycles. The summed E-state index contributed by atoms with van der Waals surface area (Å²) in [4.78, 5) is 34.9. The Morgan fingerprint density at radius 3 is 1.37 bits per heavy atom. The van der Waals surface area contributed by atoms with Crippen molar-refractivity contribution in [2.75, 3.05) is 26.4 Å². The number of carbonyl (C=O) groups excluding carboxylic acids is 2. The van der Waals surface area contributed by atoms with Crippen LogP contribution in [-0.4, -0.2) is 60.5 Å². The van der Waals surface area contributed by atoms with Gasteiger partial charge in [0.15, 0.2) is 12.2 Å². The van der Waals surface area contributed by atoms with E-state index in [1.807, 2.05) is 0 Å². The Morgan fingerprint density at radius 1 is 0.577 bits per heavy atom. The standard InChI is InChI=1S/C41H82NO9P/c1-3-5-7-9-11-13-15-17-19-21-23-25-27-29-31-33-40(44)48-36-38(37-50-52(46,47)49-35-34-42)51-41(45)39(43)32-30-28-26-24-22-20-18-16-14-12-10-8-6-4-2/h38-39,43H,3-37,42H2,1-2H3,(H,46,47)/t38-,39?/m1/s1. The molecule has 0 aromatic carbocycles. The molecule has 3 atom stereocenters.